The number of hydrogen-bond acceptors (Lipinski definition) is 20. The predicted molar refractivity (Wildman–Crippen MR) is 483 cm³/mol. The SMILES string of the molecule is C.C=CS(=O)(=O)CC.CCN(CC)CC.CCOc1ccc(-n2c([C@@H](C)N(CCS(=O)(=O)CC)C(=O)Cc3ccc(F)c(C(F)(F)F)c3)nc3ccccc3c2=O)cc1.CCOc1ccc(-n2c([C@@H](C)N)nc3ccccc3c2=O)cc1.CCOc1ccc(-n2c([C@@H](C)NCCS(=O)(=O)CC)nc3ccccc3c2=O)cc1.O=C(O)Cc1ccc(F)c(C(F)(F)F)c1.[HH]. The van der Waals surface area contributed by atoms with Crippen molar-refractivity contribution in [3.05, 3.63) is 276 Å². The highest BCUT2D eigenvalue weighted by molar-refractivity contribution is 7.94. The number of fused-ring (bicyclic) bond motifs is 3. The summed E-state index contributed by atoms with van der Waals surface area (Å²) < 4.78 is 193. The number of sulfone groups is 3. The number of nitrogens with one attached hydrogen (secondary N) is 1. The second kappa shape index (κ2) is 48.9. The number of alkyl halides is 6. The van der Waals surface area contributed by atoms with E-state index < -0.39 is 107 Å². The van der Waals surface area contributed by atoms with Crippen LogP contribution in [0.2, 0.25) is 0 Å². The van der Waals surface area contributed by atoms with Gasteiger partial charge in [0.1, 0.15) is 46.4 Å². The molecule has 4 N–H and O–H groups in total. The number of ether oxygens (including phenoxy) is 3. The van der Waals surface area contributed by atoms with Crippen LogP contribution in [0.4, 0.5) is 35.1 Å². The van der Waals surface area contributed by atoms with Gasteiger partial charge in [-0.3, -0.25) is 37.7 Å². The van der Waals surface area contributed by atoms with Crippen LogP contribution < -0.4 is 41.9 Å². The summed E-state index contributed by atoms with van der Waals surface area (Å²) in [5.41, 5.74) is 5.55. The van der Waals surface area contributed by atoms with Gasteiger partial charge in [-0.15, -0.1) is 0 Å². The summed E-state index contributed by atoms with van der Waals surface area (Å²) in [5, 5.41) is 13.9. The van der Waals surface area contributed by atoms with Gasteiger partial charge in [-0.05, 0) is 206 Å². The Morgan fingerprint density at radius 2 is 0.858 bits per heavy atom. The first kappa shape index (κ1) is 106. The number of para-hydroxylation sites is 3. The number of carboxylic acid groups (broad SMARTS) is 1. The highest BCUT2D eigenvalue weighted by Gasteiger charge is 2.37. The minimum atomic E-state index is -4.98. The molecule has 127 heavy (non-hydrogen) atoms. The molecule has 0 saturated carbocycles. The molecule has 3 aromatic heterocycles. The molecule has 0 aliphatic carbocycles. The number of halogens is 8. The first-order valence-electron chi connectivity index (χ1n) is 40.4. The van der Waals surface area contributed by atoms with Gasteiger partial charge in [-0.1, -0.05) is 104 Å². The maximum absolute atomic E-state index is 13.9. The van der Waals surface area contributed by atoms with Gasteiger partial charge in [0, 0.05) is 31.4 Å². The number of carbonyl (C=O) groups excluding carboxylic acids is 1. The summed E-state index contributed by atoms with van der Waals surface area (Å²) >= 11 is 0. The molecule has 11 rings (SSSR count). The van der Waals surface area contributed by atoms with E-state index in [1.54, 1.807) is 96.6 Å². The Kier molecular flexibility index (Phi) is 40.8. The minimum absolute atomic E-state index is 0. The standard InChI is InChI=1S/C31H31F4N3O5S.C22H27N3O4S.C18H19N3O2.C9H6F4O2.C6H15N.C4H8O2S.CH4.H2/c1-4-43-23-13-11-22(12-14-23)38-29(36-27-9-7-6-8-24(27)30(38)40)20(3)37(16-17-44(41,42)5-2)28(39)19-21-10-15-26(32)25(18-21)31(33,34)35;1-4-29-18-12-10-17(11-13-18)25-21(16(3)23-14-15-30(27,28)5-2)24-20-9-7-6-8-19(20)22(25)26;1-3-23-14-10-8-13(9-11-14)21-17(12(2)19)20-16-7-5-4-6-15(16)18(21)22;10-7-2-1-5(4-8(14)15)3-6(7)9(11,12)13;1-4-7(5-2)6-3;1-3-7(5,6)4-2;;/h6-15,18,20H,4-5,16-17,19H2,1-3H3;6-13,16,23H,4-5,14-15H2,1-3H3;4-12H,3,19H2,1-2H3;1-3H,4H2,(H,14,15);4-6H2,1-3H3;3H,1,4H2,2H3;1H4;1H/t20-;16-;12-;;;;;/m111...../s1. The number of amides is 1. The second-order valence-corrected chi connectivity index (χ2v) is 35.2. The van der Waals surface area contributed by atoms with E-state index in [1.807, 2.05) is 113 Å². The van der Waals surface area contributed by atoms with Gasteiger partial charge < -0.3 is 40.2 Å². The number of nitrogens with two attached hydrogens (primary N) is 1. The molecule has 1 amide bonds. The number of aliphatic carboxylic acids is 1. The largest absolute Gasteiger partial charge is 0.494 e. The van der Waals surface area contributed by atoms with Crippen LogP contribution in [0, 0.1) is 11.6 Å². The summed E-state index contributed by atoms with van der Waals surface area (Å²) in [7, 11) is -9.55. The van der Waals surface area contributed by atoms with Crippen molar-refractivity contribution >= 4 is 74.1 Å². The van der Waals surface area contributed by atoms with E-state index in [9.17, 15) is 84.3 Å². The molecule has 0 bridgehead atoms. The molecule has 0 saturated heterocycles. The van der Waals surface area contributed by atoms with Gasteiger partial charge in [-0.2, -0.15) is 26.3 Å². The Morgan fingerprint density at radius 3 is 1.18 bits per heavy atom. The third-order valence-corrected chi connectivity index (χ3v) is 24.0. The fraction of sp³-hybridized carbons (Fsp3) is 0.363. The molecule has 0 fully saturated rings. The van der Waals surface area contributed by atoms with Crippen LogP contribution in [0.15, 0.2) is 208 Å². The summed E-state index contributed by atoms with van der Waals surface area (Å²) in [4.78, 5) is 81.5. The minimum Gasteiger partial charge on any atom is -0.494 e. The normalized spacial score (nSPS) is 12.2. The Morgan fingerprint density at radius 1 is 0.512 bits per heavy atom. The second-order valence-electron chi connectivity index (χ2n) is 28.0. The molecule has 0 aliphatic rings. The monoisotopic (exact) mass is 1830 g/mol. The number of aromatic nitrogens is 6. The van der Waals surface area contributed by atoms with E-state index in [4.69, 9.17) is 35.0 Å². The summed E-state index contributed by atoms with van der Waals surface area (Å²) in [6.45, 7) is 30.4. The highest BCUT2D eigenvalue weighted by atomic mass is 32.2. The van der Waals surface area contributed by atoms with E-state index in [1.165, 1.54) is 36.0 Å². The van der Waals surface area contributed by atoms with Crippen molar-refractivity contribution in [2.75, 3.05) is 81.3 Å². The number of rotatable bonds is 31. The van der Waals surface area contributed by atoms with Crippen LogP contribution >= 0.6 is 0 Å². The van der Waals surface area contributed by atoms with E-state index in [2.05, 4.69) is 42.6 Å². The van der Waals surface area contributed by atoms with Crippen LogP contribution in [-0.2, 0) is 64.3 Å². The van der Waals surface area contributed by atoms with Gasteiger partial charge in [0.15, 0.2) is 29.5 Å². The summed E-state index contributed by atoms with van der Waals surface area (Å²) in [5.74, 6) is -2.00. The summed E-state index contributed by atoms with van der Waals surface area (Å²) in [6.07, 6.45) is -10.9. The van der Waals surface area contributed by atoms with Crippen LogP contribution in [-0.4, -0.2) is 162 Å². The molecule has 0 radical (unpaired) electrons. The number of carbonyl (C=O) groups is 2. The molecular formula is C91H112F8N10O15S3. The lowest BCUT2D eigenvalue weighted by Gasteiger charge is -2.31. The van der Waals surface area contributed by atoms with Crippen molar-refractivity contribution in [1.82, 2.24) is 43.8 Å². The molecule has 0 unspecified atom stereocenters. The molecule has 3 atom stereocenters. The quantitative estimate of drug-likeness (QED) is 0.0340. The molecule has 0 aliphatic heterocycles. The number of carboxylic acids is 1. The Hall–Kier alpha value is -11.6. The molecular weight excluding hydrogens is 1720 g/mol. The van der Waals surface area contributed by atoms with Crippen molar-refractivity contribution in [2.24, 2.45) is 5.73 Å². The van der Waals surface area contributed by atoms with Crippen molar-refractivity contribution < 1.29 is 90.7 Å². The number of hydrogen-bond donors (Lipinski definition) is 3. The Labute approximate surface area is 736 Å². The molecule has 0 spiro atoms. The molecule has 36 heteroatoms. The fourth-order valence-electron chi connectivity index (χ4n) is 12.4. The topological polar surface area (TPSA) is 334 Å². The van der Waals surface area contributed by atoms with Gasteiger partial charge in [0.25, 0.3) is 16.7 Å². The zero-order valence-electron chi connectivity index (χ0n) is 72.0. The van der Waals surface area contributed by atoms with Crippen molar-refractivity contribution in [2.45, 2.75) is 134 Å². The molecule has 25 nitrogen and oxygen atoms in total. The average molecular weight is 1830 g/mol. The van der Waals surface area contributed by atoms with Gasteiger partial charge in [0.05, 0.1) is 129 Å². The summed E-state index contributed by atoms with van der Waals surface area (Å²) in [6, 6.07) is 45.0. The van der Waals surface area contributed by atoms with Crippen LogP contribution in [0.1, 0.15) is 150 Å². The maximum Gasteiger partial charge on any atom is 0.419 e. The average Bonchev–Trinajstić information content (AvgIpc) is 0.774. The van der Waals surface area contributed by atoms with E-state index >= 15 is 0 Å². The van der Waals surface area contributed by atoms with Crippen LogP contribution in [0.5, 0.6) is 17.2 Å². The lowest BCUT2D eigenvalue weighted by atomic mass is 10.1. The van der Waals surface area contributed by atoms with Crippen LogP contribution in [0.25, 0.3) is 49.8 Å². The Bertz CT molecular complexity index is 6040. The zero-order chi connectivity index (χ0) is 93.6. The van der Waals surface area contributed by atoms with Crippen molar-refractivity contribution in [3.8, 4) is 34.3 Å². The fourth-order valence-corrected chi connectivity index (χ4v) is 14.1. The number of nitrogens with zero attached hydrogens (tertiary/aromatic N) is 8. The van der Waals surface area contributed by atoms with E-state index in [-0.39, 0.29) is 85.1 Å². The molecule has 8 aromatic carbocycles. The lowest BCUT2D eigenvalue weighted by Crippen LogP contribution is -2.41. The third kappa shape index (κ3) is 30.6. The zero-order valence-corrected chi connectivity index (χ0v) is 74.5. The van der Waals surface area contributed by atoms with E-state index in [0.717, 1.165) is 34.7 Å². The van der Waals surface area contributed by atoms with E-state index in [0.29, 0.717) is 106 Å². The predicted octanol–water partition coefficient (Wildman–Crippen LogP) is 16.4. The highest BCUT2D eigenvalue weighted by Crippen LogP contribution is 2.35. The first-order valence-corrected chi connectivity index (χ1v) is 45.8. The smallest absolute Gasteiger partial charge is 0.419 e. The molecule has 3 heterocycles. The van der Waals surface area contributed by atoms with Gasteiger partial charge in [0.2, 0.25) is 5.91 Å². The first-order chi connectivity index (χ1) is 59.5. The van der Waals surface area contributed by atoms with Gasteiger partial charge in [-0.25, -0.2) is 49.0 Å². The van der Waals surface area contributed by atoms with Crippen molar-refractivity contribution in [1.29, 1.82) is 0 Å². The van der Waals surface area contributed by atoms with Crippen LogP contribution in [0.3, 0.4) is 0 Å². The Balaban J connectivity index is 0.000000355. The molecule has 690 valence electrons. The number of benzene rings is 8. The maximum atomic E-state index is 13.9. The van der Waals surface area contributed by atoms with Gasteiger partial charge >= 0.3 is 18.3 Å². The molecule has 11 aromatic rings. The van der Waals surface area contributed by atoms with Crippen molar-refractivity contribution in [3.63, 3.8) is 0 Å². The third-order valence-electron chi connectivity index (χ3n) is 19.3. The lowest BCUT2D eigenvalue weighted by molar-refractivity contribution is -0.141.